The summed E-state index contributed by atoms with van der Waals surface area (Å²) in [4.78, 5) is 2.52. The van der Waals surface area contributed by atoms with E-state index in [1.165, 1.54) is 37.8 Å². The largest absolute Gasteiger partial charge is 0.363 e. The van der Waals surface area contributed by atoms with E-state index in [-0.39, 0.29) is 0 Å². The molecule has 0 bridgehead atoms. The molecule has 1 aliphatic rings. The van der Waals surface area contributed by atoms with E-state index >= 15 is 0 Å². The highest BCUT2D eigenvalue weighted by Crippen LogP contribution is 2.13. The van der Waals surface area contributed by atoms with E-state index in [2.05, 4.69) is 52.8 Å². The average Bonchev–Trinajstić information content (AvgIpc) is 2.49. The van der Waals surface area contributed by atoms with Gasteiger partial charge < -0.3 is 10.6 Å². The number of hydrogen-bond acceptors (Lipinski definition) is 2. The maximum atomic E-state index is 5.38. The summed E-state index contributed by atoms with van der Waals surface area (Å²) in [7, 11) is 0. The van der Waals surface area contributed by atoms with Gasteiger partial charge in [0, 0.05) is 25.7 Å². The molecular formula is C17H27N3S. The Morgan fingerprint density at radius 3 is 2.90 bits per heavy atom. The van der Waals surface area contributed by atoms with Crippen molar-refractivity contribution in [3.63, 3.8) is 0 Å². The van der Waals surface area contributed by atoms with E-state index in [0.29, 0.717) is 6.04 Å². The van der Waals surface area contributed by atoms with Gasteiger partial charge in [0.15, 0.2) is 5.11 Å². The molecule has 0 aromatic heterocycles. The first-order chi connectivity index (χ1) is 10.3. The summed E-state index contributed by atoms with van der Waals surface area (Å²) in [6.07, 6.45) is 4.82. The third-order valence-electron chi connectivity index (χ3n) is 3.91. The lowest BCUT2D eigenvalue weighted by Gasteiger charge is -2.33. The van der Waals surface area contributed by atoms with Gasteiger partial charge >= 0.3 is 0 Å². The van der Waals surface area contributed by atoms with Crippen molar-refractivity contribution in [2.24, 2.45) is 0 Å². The molecule has 1 heterocycles. The van der Waals surface area contributed by atoms with Gasteiger partial charge in [-0.05, 0) is 43.6 Å². The minimum atomic E-state index is 0.476. The molecule has 1 saturated heterocycles. The third kappa shape index (κ3) is 6.02. The van der Waals surface area contributed by atoms with Crippen molar-refractivity contribution in [2.75, 3.05) is 19.6 Å². The van der Waals surface area contributed by atoms with Crippen LogP contribution in [0.3, 0.4) is 0 Å². The number of rotatable bonds is 6. The topological polar surface area (TPSA) is 27.3 Å². The Hall–Kier alpha value is -1.13. The molecular weight excluding hydrogens is 278 g/mol. The molecule has 116 valence electrons. The van der Waals surface area contributed by atoms with Gasteiger partial charge in [-0.3, -0.25) is 4.90 Å². The Morgan fingerprint density at radius 2 is 2.14 bits per heavy atom. The van der Waals surface area contributed by atoms with Crippen LogP contribution in [0.25, 0.3) is 0 Å². The van der Waals surface area contributed by atoms with E-state index in [9.17, 15) is 0 Å². The molecule has 4 heteroatoms. The van der Waals surface area contributed by atoms with Gasteiger partial charge in [-0.15, -0.1) is 0 Å². The van der Waals surface area contributed by atoms with Crippen LogP contribution in [-0.4, -0.2) is 35.7 Å². The average molecular weight is 305 g/mol. The molecule has 2 N–H and O–H groups in total. The van der Waals surface area contributed by atoms with Crippen LogP contribution >= 0.6 is 12.2 Å². The minimum absolute atomic E-state index is 0.476. The molecule has 3 nitrogen and oxygen atoms in total. The lowest BCUT2D eigenvalue weighted by atomic mass is 10.0. The first kappa shape index (κ1) is 16.2. The second kappa shape index (κ2) is 9.00. The van der Waals surface area contributed by atoms with Crippen LogP contribution < -0.4 is 10.6 Å². The maximum Gasteiger partial charge on any atom is 0.166 e. The molecule has 21 heavy (non-hydrogen) atoms. The number of piperidine rings is 1. The highest BCUT2D eigenvalue weighted by Gasteiger charge is 2.20. The standard InChI is InChI=1S/C17H27N3S/c1-2-3-11-18-17(21)19-16-10-7-12-20(14-16)13-15-8-5-4-6-9-15/h4-6,8-9,16H,2-3,7,10-14H2,1H3,(H2,18,19,21). The Bertz CT molecular complexity index is 421. The number of likely N-dealkylation sites (tertiary alicyclic amines) is 1. The molecule has 1 fully saturated rings. The first-order valence-corrected chi connectivity index (χ1v) is 8.49. The zero-order valence-corrected chi connectivity index (χ0v) is 13.8. The maximum absolute atomic E-state index is 5.38. The van der Waals surface area contributed by atoms with Crippen LogP contribution in [-0.2, 0) is 6.54 Å². The summed E-state index contributed by atoms with van der Waals surface area (Å²) in [5, 5.41) is 7.58. The van der Waals surface area contributed by atoms with Gasteiger partial charge in [-0.2, -0.15) is 0 Å². The van der Waals surface area contributed by atoms with Crippen molar-refractivity contribution in [1.82, 2.24) is 15.5 Å². The molecule has 1 aromatic rings. The monoisotopic (exact) mass is 305 g/mol. The second-order valence-corrected chi connectivity index (χ2v) is 6.22. The summed E-state index contributed by atoms with van der Waals surface area (Å²) in [5.74, 6) is 0. The molecule has 1 aromatic carbocycles. The molecule has 1 unspecified atom stereocenters. The van der Waals surface area contributed by atoms with Crippen molar-refractivity contribution in [3.8, 4) is 0 Å². The zero-order valence-electron chi connectivity index (χ0n) is 13.0. The van der Waals surface area contributed by atoms with Crippen LogP contribution in [0, 0.1) is 0 Å². The normalized spacial score (nSPS) is 19.2. The smallest absolute Gasteiger partial charge is 0.166 e. The fourth-order valence-corrected chi connectivity index (χ4v) is 3.04. The van der Waals surface area contributed by atoms with Crippen molar-refractivity contribution in [2.45, 2.75) is 45.2 Å². The first-order valence-electron chi connectivity index (χ1n) is 8.08. The Labute approximate surface area is 134 Å². The van der Waals surface area contributed by atoms with E-state index in [0.717, 1.165) is 24.7 Å². The number of thiocarbonyl (C=S) groups is 1. The fourth-order valence-electron chi connectivity index (χ4n) is 2.77. The molecule has 2 rings (SSSR count). The molecule has 0 aliphatic carbocycles. The number of hydrogen-bond donors (Lipinski definition) is 2. The third-order valence-corrected chi connectivity index (χ3v) is 4.17. The predicted octanol–water partition coefficient (Wildman–Crippen LogP) is 2.92. The summed E-state index contributed by atoms with van der Waals surface area (Å²) in [6.45, 7) is 6.46. The van der Waals surface area contributed by atoms with Gasteiger partial charge in [0.25, 0.3) is 0 Å². The summed E-state index contributed by atoms with van der Waals surface area (Å²) in [5.41, 5.74) is 1.39. The molecule has 0 saturated carbocycles. The minimum Gasteiger partial charge on any atom is -0.363 e. The highest BCUT2D eigenvalue weighted by molar-refractivity contribution is 7.80. The predicted molar refractivity (Wildman–Crippen MR) is 93.4 cm³/mol. The van der Waals surface area contributed by atoms with E-state index in [4.69, 9.17) is 12.2 Å². The Morgan fingerprint density at radius 1 is 1.33 bits per heavy atom. The molecule has 1 atom stereocenters. The highest BCUT2D eigenvalue weighted by atomic mass is 32.1. The Kier molecular flexibility index (Phi) is 6.96. The number of nitrogens with zero attached hydrogens (tertiary/aromatic N) is 1. The van der Waals surface area contributed by atoms with Gasteiger partial charge in [-0.1, -0.05) is 43.7 Å². The van der Waals surface area contributed by atoms with Crippen LogP contribution in [0.15, 0.2) is 30.3 Å². The van der Waals surface area contributed by atoms with Crippen molar-refractivity contribution >= 4 is 17.3 Å². The van der Waals surface area contributed by atoms with E-state index in [1.54, 1.807) is 0 Å². The van der Waals surface area contributed by atoms with Crippen molar-refractivity contribution in [1.29, 1.82) is 0 Å². The fraction of sp³-hybridized carbons (Fsp3) is 0.588. The lowest BCUT2D eigenvalue weighted by molar-refractivity contribution is 0.193. The number of nitrogens with one attached hydrogen (secondary N) is 2. The van der Waals surface area contributed by atoms with Crippen molar-refractivity contribution < 1.29 is 0 Å². The van der Waals surface area contributed by atoms with Crippen LogP contribution in [0.2, 0.25) is 0 Å². The number of benzene rings is 1. The molecule has 0 radical (unpaired) electrons. The van der Waals surface area contributed by atoms with E-state index < -0.39 is 0 Å². The van der Waals surface area contributed by atoms with Gasteiger partial charge in [0.2, 0.25) is 0 Å². The van der Waals surface area contributed by atoms with Gasteiger partial charge in [0.1, 0.15) is 0 Å². The second-order valence-electron chi connectivity index (χ2n) is 5.81. The zero-order chi connectivity index (χ0) is 14.9. The molecule has 0 amide bonds. The van der Waals surface area contributed by atoms with Crippen molar-refractivity contribution in [3.05, 3.63) is 35.9 Å². The summed E-state index contributed by atoms with van der Waals surface area (Å²) in [6, 6.07) is 11.2. The van der Waals surface area contributed by atoms with Crippen LogP contribution in [0.4, 0.5) is 0 Å². The van der Waals surface area contributed by atoms with E-state index in [1.807, 2.05) is 0 Å². The molecule has 0 spiro atoms. The number of unbranched alkanes of at least 4 members (excludes halogenated alkanes) is 1. The lowest BCUT2D eigenvalue weighted by Crippen LogP contribution is -2.50. The van der Waals surface area contributed by atoms with Gasteiger partial charge in [0.05, 0.1) is 0 Å². The van der Waals surface area contributed by atoms with Crippen LogP contribution in [0.1, 0.15) is 38.2 Å². The van der Waals surface area contributed by atoms with Crippen LogP contribution in [0.5, 0.6) is 0 Å². The molecule has 1 aliphatic heterocycles. The van der Waals surface area contributed by atoms with Gasteiger partial charge in [-0.25, -0.2) is 0 Å². The summed E-state index contributed by atoms with van der Waals surface area (Å²) < 4.78 is 0. The summed E-state index contributed by atoms with van der Waals surface area (Å²) >= 11 is 5.38. The quantitative estimate of drug-likeness (QED) is 0.624. The SMILES string of the molecule is CCCCNC(=S)NC1CCCN(Cc2ccccc2)C1. The Balaban J connectivity index is 1.74.